The minimum atomic E-state index is -0.455. The molecule has 96 valence electrons. The average Bonchev–Trinajstić information content (AvgIpc) is 2.71. The van der Waals surface area contributed by atoms with Gasteiger partial charge in [0.2, 0.25) is 11.8 Å². The summed E-state index contributed by atoms with van der Waals surface area (Å²) in [6.45, 7) is 2.08. The minimum absolute atomic E-state index is 0.127. The van der Waals surface area contributed by atoms with E-state index in [2.05, 4.69) is 0 Å². The first-order valence-electron chi connectivity index (χ1n) is 5.83. The summed E-state index contributed by atoms with van der Waals surface area (Å²) in [5, 5.41) is 9.33. The van der Waals surface area contributed by atoms with E-state index in [1.807, 2.05) is 19.1 Å². The lowest BCUT2D eigenvalue weighted by Gasteiger charge is -2.19. The van der Waals surface area contributed by atoms with Crippen molar-refractivity contribution in [2.24, 2.45) is 11.7 Å². The smallest absolute Gasteiger partial charge is 0.227 e. The topological polar surface area (TPSA) is 83.6 Å². The Morgan fingerprint density at radius 3 is 2.83 bits per heavy atom. The lowest BCUT2D eigenvalue weighted by molar-refractivity contribution is -0.123. The van der Waals surface area contributed by atoms with Crippen LogP contribution in [0.25, 0.3) is 0 Å². The van der Waals surface area contributed by atoms with Crippen LogP contribution < -0.4 is 10.6 Å². The maximum Gasteiger partial charge on any atom is 0.227 e. The van der Waals surface area contributed by atoms with Crippen molar-refractivity contribution in [1.29, 1.82) is 0 Å². The number of aliphatic hydroxyl groups excluding tert-OH is 1. The molecule has 1 fully saturated rings. The zero-order valence-corrected chi connectivity index (χ0v) is 10.2. The molecule has 2 rings (SSSR count). The van der Waals surface area contributed by atoms with E-state index in [-0.39, 0.29) is 18.9 Å². The second-order valence-corrected chi connectivity index (χ2v) is 4.60. The summed E-state index contributed by atoms with van der Waals surface area (Å²) in [5.41, 5.74) is 7.59. The zero-order chi connectivity index (χ0) is 13.3. The molecule has 1 saturated heterocycles. The van der Waals surface area contributed by atoms with Crippen molar-refractivity contribution in [2.75, 3.05) is 11.4 Å². The van der Waals surface area contributed by atoms with Gasteiger partial charge >= 0.3 is 0 Å². The Hall–Kier alpha value is -1.88. The molecule has 1 aliphatic heterocycles. The Bertz CT molecular complexity index is 499. The summed E-state index contributed by atoms with van der Waals surface area (Å²) in [5.74, 6) is -1.02. The van der Waals surface area contributed by atoms with Crippen LogP contribution in [-0.2, 0) is 16.2 Å². The fraction of sp³-hybridized carbons (Fsp3) is 0.385. The van der Waals surface area contributed by atoms with E-state index in [1.54, 1.807) is 6.07 Å². The van der Waals surface area contributed by atoms with Gasteiger partial charge in [-0.15, -0.1) is 0 Å². The number of nitrogens with zero attached hydrogens (tertiary/aromatic N) is 1. The van der Waals surface area contributed by atoms with Crippen LogP contribution in [0.3, 0.4) is 0 Å². The summed E-state index contributed by atoms with van der Waals surface area (Å²) in [7, 11) is 0. The van der Waals surface area contributed by atoms with Gasteiger partial charge in [-0.2, -0.15) is 0 Å². The van der Waals surface area contributed by atoms with Crippen molar-refractivity contribution < 1.29 is 14.7 Å². The van der Waals surface area contributed by atoms with Crippen molar-refractivity contribution in [3.63, 3.8) is 0 Å². The Morgan fingerprint density at radius 2 is 2.28 bits per heavy atom. The van der Waals surface area contributed by atoms with Crippen LogP contribution in [0.2, 0.25) is 0 Å². The Morgan fingerprint density at radius 1 is 1.56 bits per heavy atom. The van der Waals surface area contributed by atoms with Crippen molar-refractivity contribution in [3.8, 4) is 0 Å². The quantitative estimate of drug-likeness (QED) is 0.808. The molecule has 1 aliphatic rings. The van der Waals surface area contributed by atoms with Gasteiger partial charge < -0.3 is 15.7 Å². The highest BCUT2D eigenvalue weighted by Crippen LogP contribution is 2.28. The van der Waals surface area contributed by atoms with Gasteiger partial charge in [-0.3, -0.25) is 9.59 Å². The van der Waals surface area contributed by atoms with E-state index in [9.17, 15) is 14.7 Å². The lowest BCUT2D eigenvalue weighted by atomic mass is 10.1. The number of hydrogen-bond acceptors (Lipinski definition) is 3. The van der Waals surface area contributed by atoms with Crippen LogP contribution in [0, 0.1) is 12.8 Å². The van der Waals surface area contributed by atoms with Crippen LogP contribution in [0.15, 0.2) is 18.2 Å². The van der Waals surface area contributed by atoms with Gasteiger partial charge in [-0.1, -0.05) is 17.7 Å². The molecule has 1 atom stereocenters. The van der Waals surface area contributed by atoms with Crippen LogP contribution in [0.4, 0.5) is 5.69 Å². The third kappa shape index (κ3) is 2.22. The van der Waals surface area contributed by atoms with Gasteiger partial charge in [-0.25, -0.2) is 0 Å². The highest BCUT2D eigenvalue weighted by Gasteiger charge is 2.34. The number of anilines is 1. The predicted octanol–water partition coefficient (Wildman–Crippen LogP) is 0.326. The summed E-state index contributed by atoms with van der Waals surface area (Å²) in [6, 6.07) is 5.50. The van der Waals surface area contributed by atoms with Crippen molar-refractivity contribution in [3.05, 3.63) is 29.3 Å². The minimum Gasteiger partial charge on any atom is -0.392 e. The molecule has 0 spiro atoms. The molecule has 3 N–H and O–H groups in total. The molecule has 0 radical (unpaired) electrons. The highest BCUT2D eigenvalue weighted by molar-refractivity contribution is 6.00. The first-order chi connectivity index (χ1) is 8.52. The van der Waals surface area contributed by atoms with Crippen molar-refractivity contribution in [2.45, 2.75) is 20.0 Å². The van der Waals surface area contributed by atoms with Crippen LogP contribution in [0.5, 0.6) is 0 Å². The molecule has 18 heavy (non-hydrogen) atoms. The first kappa shape index (κ1) is 12.6. The normalized spacial score (nSPS) is 19.3. The monoisotopic (exact) mass is 248 g/mol. The standard InChI is InChI=1S/C13H16N2O3/c1-8-2-3-11(10(4-8)7-16)15-6-9(13(14)18)5-12(15)17/h2-4,9,16H,5-7H2,1H3,(H2,14,18). The number of primary amides is 1. The molecular formula is C13H16N2O3. The number of carbonyl (C=O) groups excluding carboxylic acids is 2. The molecule has 1 unspecified atom stereocenters. The van der Waals surface area contributed by atoms with E-state index in [0.717, 1.165) is 5.56 Å². The maximum atomic E-state index is 11.9. The molecule has 0 aromatic heterocycles. The summed E-state index contributed by atoms with van der Waals surface area (Å²) < 4.78 is 0. The fourth-order valence-corrected chi connectivity index (χ4v) is 2.24. The Kier molecular flexibility index (Phi) is 3.34. The summed E-state index contributed by atoms with van der Waals surface area (Å²) >= 11 is 0. The first-order valence-corrected chi connectivity index (χ1v) is 5.83. The maximum absolute atomic E-state index is 11.9. The second-order valence-electron chi connectivity index (χ2n) is 4.60. The van der Waals surface area contributed by atoms with Crippen molar-refractivity contribution >= 4 is 17.5 Å². The van der Waals surface area contributed by atoms with E-state index >= 15 is 0 Å². The number of hydrogen-bond donors (Lipinski definition) is 2. The summed E-state index contributed by atoms with van der Waals surface area (Å²) in [4.78, 5) is 24.5. The number of nitrogens with two attached hydrogens (primary N) is 1. The SMILES string of the molecule is Cc1ccc(N2CC(C(N)=O)CC2=O)c(CO)c1. The van der Waals surface area contributed by atoms with E-state index in [4.69, 9.17) is 5.73 Å². The molecule has 0 saturated carbocycles. The van der Waals surface area contributed by atoms with Gasteiger partial charge in [0.05, 0.1) is 12.5 Å². The molecule has 0 aliphatic carbocycles. The predicted molar refractivity (Wildman–Crippen MR) is 66.8 cm³/mol. The number of carbonyl (C=O) groups is 2. The number of aliphatic hydroxyl groups is 1. The fourth-order valence-electron chi connectivity index (χ4n) is 2.24. The zero-order valence-electron chi connectivity index (χ0n) is 10.2. The highest BCUT2D eigenvalue weighted by atomic mass is 16.3. The van der Waals surface area contributed by atoms with E-state index in [0.29, 0.717) is 17.8 Å². The van der Waals surface area contributed by atoms with E-state index < -0.39 is 11.8 Å². The van der Waals surface area contributed by atoms with Gasteiger partial charge in [0.15, 0.2) is 0 Å². The molecule has 1 aromatic carbocycles. The van der Waals surface area contributed by atoms with Gasteiger partial charge in [0, 0.05) is 24.2 Å². The Balaban J connectivity index is 2.32. The number of aryl methyl sites for hydroxylation is 1. The molecule has 1 aromatic rings. The van der Waals surface area contributed by atoms with Crippen LogP contribution >= 0.6 is 0 Å². The van der Waals surface area contributed by atoms with E-state index in [1.165, 1.54) is 4.90 Å². The molecular weight excluding hydrogens is 232 g/mol. The van der Waals surface area contributed by atoms with Crippen LogP contribution in [-0.4, -0.2) is 23.5 Å². The molecule has 5 heteroatoms. The number of amides is 2. The second kappa shape index (κ2) is 4.78. The summed E-state index contributed by atoms with van der Waals surface area (Å²) in [6.07, 6.45) is 0.147. The lowest BCUT2D eigenvalue weighted by Crippen LogP contribution is -2.29. The van der Waals surface area contributed by atoms with Gasteiger partial charge in [-0.05, 0) is 13.0 Å². The van der Waals surface area contributed by atoms with Crippen molar-refractivity contribution in [1.82, 2.24) is 0 Å². The Labute approximate surface area is 105 Å². The van der Waals surface area contributed by atoms with Crippen LogP contribution in [0.1, 0.15) is 17.5 Å². The third-order valence-corrected chi connectivity index (χ3v) is 3.22. The molecule has 1 heterocycles. The average molecular weight is 248 g/mol. The molecule has 5 nitrogen and oxygen atoms in total. The number of benzene rings is 1. The molecule has 0 bridgehead atoms. The molecule has 2 amide bonds. The van der Waals surface area contributed by atoms with Gasteiger partial charge in [0.25, 0.3) is 0 Å². The van der Waals surface area contributed by atoms with Gasteiger partial charge in [0.1, 0.15) is 0 Å². The number of rotatable bonds is 3. The largest absolute Gasteiger partial charge is 0.392 e. The third-order valence-electron chi connectivity index (χ3n) is 3.22.